The molecule has 0 saturated carbocycles. The number of unbranched alkanes of at least 4 members (excludes halogenated alkanes) is 1. The van der Waals surface area contributed by atoms with Crippen LogP contribution in [0, 0.1) is 18.6 Å². The van der Waals surface area contributed by atoms with E-state index in [0.29, 0.717) is 12.8 Å². The Morgan fingerprint density at radius 1 is 1.16 bits per heavy atom. The number of carboxylic acids is 1. The van der Waals surface area contributed by atoms with Crippen molar-refractivity contribution in [3.05, 3.63) is 62.8 Å². The molecule has 0 amide bonds. The van der Waals surface area contributed by atoms with Gasteiger partial charge in [-0.15, -0.1) is 0 Å². The molecular weight excluding hydrogens is 451 g/mol. The second kappa shape index (κ2) is 8.85. The zero-order valence-electron chi connectivity index (χ0n) is 16.7. The molecule has 0 bridgehead atoms. The van der Waals surface area contributed by atoms with Gasteiger partial charge in [-0.05, 0) is 37.1 Å². The summed E-state index contributed by atoms with van der Waals surface area (Å²) in [6, 6.07) is 4.95. The molecule has 0 unspecified atom stereocenters. The fraction of sp³-hybridized carbons (Fsp3) is 0.273. The van der Waals surface area contributed by atoms with Crippen LogP contribution in [0.4, 0.5) is 8.78 Å². The van der Waals surface area contributed by atoms with Gasteiger partial charge in [0.1, 0.15) is 0 Å². The largest absolute Gasteiger partial charge is 0.503 e. The number of carboxylic acid groups (broad SMARTS) is 1. The van der Waals surface area contributed by atoms with E-state index in [-0.39, 0.29) is 44.2 Å². The predicted molar refractivity (Wildman–Crippen MR) is 114 cm³/mol. The van der Waals surface area contributed by atoms with Gasteiger partial charge in [-0.3, -0.25) is 14.2 Å². The van der Waals surface area contributed by atoms with E-state index in [1.54, 1.807) is 0 Å². The number of aromatic hydroxyl groups is 1. The molecule has 9 heteroatoms. The topological polar surface area (TPSA) is 79.5 Å². The Balaban J connectivity index is 2.36. The Morgan fingerprint density at radius 2 is 1.84 bits per heavy atom. The highest BCUT2D eigenvalue weighted by atomic mass is 35.5. The van der Waals surface area contributed by atoms with Crippen LogP contribution in [-0.4, -0.2) is 26.7 Å². The molecule has 3 rings (SSSR count). The van der Waals surface area contributed by atoms with Crippen LogP contribution in [0.15, 0.2) is 24.3 Å². The van der Waals surface area contributed by atoms with E-state index in [0.717, 1.165) is 10.6 Å². The van der Waals surface area contributed by atoms with E-state index in [4.69, 9.17) is 23.2 Å². The highest BCUT2D eigenvalue weighted by Crippen LogP contribution is 2.40. The SMILES string of the molecule is CCCC[C@H](C(=O)O)c1c(C)n(C(=O)c2ccc(Cl)c(Cl)c2)c2cc(F)c(O)c(F)c12. The molecular formula is C22H19Cl2F2NO4. The summed E-state index contributed by atoms with van der Waals surface area (Å²) in [4.78, 5) is 25.3. The highest BCUT2D eigenvalue weighted by molar-refractivity contribution is 6.42. The fourth-order valence-corrected chi connectivity index (χ4v) is 4.05. The fourth-order valence-electron chi connectivity index (χ4n) is 3.76. The Bertz CT molecular complexity index is 1210. The summed E-state index contributed by atoms with van der Waals surface area (Å²) in [6.45, 7) is 3.34. The number of hydrogen-bond donors (Lipinski definition) is 2. The summed E-state index contributed by atoms with van der Waals surface area (Å²) in [5.41, 5.74) is 0.0741. The van der Waals surface area contributed by atoms with Crippen molar-refractivity contribution in [1.82, 2.24) is 4.57 Å². The van der Waals surface area contributed by atoms with Gasteiger partial charge in [0, 0.05) is 22.7 Å². The Hall–Kier alpha value is -2.64. The average molecular weight is 470 g/mol. The summed E-state index contributed by atoms with van der Waals surface area (Å²) in [6.07, 6.45) is 1.43. The zero-order valence-corrected chi connectivity index (χ0v) is 18.2. The molecule has 1 aromatic heterocycles. The number of hydrogen-bond acceptors (Lipinski definition) is 3. The maximum Gasteiger partial charge on any atom is 0.311 e. The predicted octanol–water partition coefficient (Wildman–Crippen LogP) is 6.29. The minimum atomic E-state index is -1.31. The molecule has 0 aliphatic carbocycles. The van der Waals surface area contributed by atoms with Gasteiger partial charge in [-0.25, -0.2) is 8.78 Å². The number of rotatable bonds is 6. The first-order valence-electron chi connectivity index (χ1n) is 9.54. The lowest BCUT2D eigenvalue weighted by molar-refractivity contribution is -0.139. The van der Waals surface area contributed by atoms with Gasteiger partial charge >= 0.3 is 5.97 Å². The van der Waals surface area contributed by atoms with Crippen LogP contribution < -0.4 is 0 Å². The van der Waals surface area contributed by atoms with Gasteiger partial charge in [0.2, 0.25) is 0 Å². The average Bonchev–Trinajstić information content (AvgIpc) is 2.99. The van der Waals surface area contributed by atoms with Crippen molar-refractivity contribution in [2.24, 2.45) is 0 Å². The second-order valence-corrected chi connectivity index (χ2v) is 8.03. The van der Waals surface area contributed by atoms with Crippen LogP contribution in [0.5, 0.6) is 5.75 Å². The van der Waals surface area contributed by atoms with Crippen molar-refractivity contribution in [3.63, 3.8) is 0 Å². The number of halogens is 4. The number of fused-ring (bicyclic) bond motifs is 1. The lowest BCUT2D eigenvalue weighted by Gasteiger charge is -2.14. The first kappa shape index (κ1) is 23.0. The third-order valence-electron chi connectivity index (χ3n) is 5.27. The highest BCUT2D eigenvalue weighted by Gasteiger charge is 2.32. The van der Waals surface area contributed by atoms with E-state index in [1.165, 1.54) is 25.1 Å². The van der Waals surface area contributed by atoms with Gasteiger partial charge < -0.3 is 10.2 Å². The first-order chi connectivity index (χ1) is 14.6. The molecule has 0 radical (unpaired) electrons. The summed E-state index contributed by atoms with van der Waals surface area (Å²) in [7, 11) is 0. The van der Waals surface area contributed by atoms with Gasteiger partial charge in [-0.2, -0.15) is 0 Å². The molecule has 0 aliphatic rings. The van der Waals surface area contributed by atoms with Crippen molar-refractivity contribution in [2.75, 3.05) is 0 Å². The van der Waals surface area contributed by atoms with Crippen molar-refractivity contribution >= 4 is 46.0 Å². The molecule has 0 aliphatic heterocycles. The molecule has 164 valence electrons. The summed E-state index contributed by atoms with van der Waals surface area (Å²) in [5.74, 6) is -6.83. The zero-order chi connectivity index (χ0) is 23.0. The molecule has 31 heavy (non-hydrogen) atoms. The standard InChI is InChI=1S/C22H19Cl2F2NO4/c1-3-4-5-12(22(30)31)17-10(2)27(16-9-15(25)20(28)19(26)18(16)17)21(29)11-6-7-13(23)14(24)8-11/h6-9,12,28H,3-5H2,1-2H3,(H,30,31)/t12-/m0/s1. The summed E-state index contributed by atoms with van der Waals surface area (Å²) >= 11 is 11.9. The first-order valence-corrected chi connectivity index (χ1v) is 10.3. The van der Waals surface area contributed by atoms with E-state index >= 15 is 0 Å². The normalized spacial score (nSPS) is 12.3. The number of carbonyl (C=O) groups excluding carboxylic acids is 1. The maximum atomic E-state index is 15.0. The van der Waals surface area contributed by atoms with Crippen molar-refractivity contribution < 1.29 is 28.6 Å². The smallest absolute Gasteiger partial charge is 0.311 e. The number of carbonyl (C=O) groups is 2. The molecule has 0 spiro atoms. The summed E-state index contributed by atoms with van der Waals surface area (Å²) < 4.78 is 30.2. The van der Waals surface area contributed by atoms with E-state index in [9.17, 15) is 28.6 Å². The molecule has 3 aromatic rings. The quantitative estimate of drug-likeness (QED) is 0.444. The van der Waals surface area contributed by atoms with E-state index in [1.807, 2.05) is 6.92 Å². The van der Waals surface area contributed by atoms with E-state index in [2.05, 4.69) is 0 Å². The van der Waals surface area contributed by atoms with Crippen LogP contribution in [-0.2, 0) is 4.79 Å². The number of benzene rings is 2. The number of phenols is 1. The van der Waals surface area contributed by atoms with Crippen LogP contribution in [0.1, 0.15) is 53.7 Å². The van der Waals surface area contributed by atoms with Crippen LogP contribution in [0.3, 0.4) is 0 Å². The molecule has 1 heterocycles. The minimum absolute atomic E-state index is 0.0251. The molecule has 5 nitrogen and oxygen atoms in total. The van der Waals surface area contributed by atoms with Gasteiger partial charge in [0.05, 0.1) is 21.5 Å². The van der Waals surface area contributed by atoms with Gasteiger partial charge in [0.15, 0.2) is 17.4 Å². The van der Waals surface area contributed by atoms with E-state index < -0.39 is 35.2 Å². The molecule has 1 atom stereocenters. The third kappa shape index (κ3) is 4.00. The second-order valence-electron chi connectivity index (χ2n) is 7.22. The van der Waals surface area contributed by atoms with Crippen molar-refractivity contribution in [1.29, 1.82) is 0 Å². The Kier molecular flexibility index (Phi) is 6.57. The minimum Gasteiger partial charge on any atom is -0.503 e. The Labute approximate surface area is 186 Å². The van der Waals surface area contributed by atoms with Crippen LogP contribution in [0.2, 0.25) is 10.0 Å². The lowest BCUT2D eigenvalue weighted by atomic mass is 9.91. The number of aliphatic carboxylic acids is 1. The van der Waals surface area contributed by atoms with Gasteiger partial charge in [0.25, 0.3) is 5.91 Å². The van der Waals surface area contributed by atoms with Crippen LogP contribution in [0.25, 0.3) is 10.9 Å². The van der Waals surface area contributed by atoms with Crippen molar-refractivity contribution in [2.45, 2.75) is 39.0 Å². The molecule has 0 saturated heterocycles. The van der Waals surface area contributed by atoms with Crippen LogP contribution >= 0.6 is 23.2 Å². The third-order valence-corrected chi connectivity index (χ3v) is 6.01. The lowest BCUT2D eigenvalue weighted by Crippen LogP contribution is -2.16. The summed E-state index contributed by atoms with van der Waals surface area (Å²) in [5, 5.41) is 19.7. The maximum absolute atomic E-state index is 15.0. The Morgan fingerprint density at radius 3 is 2.42 bits per heavy atom. The molecule has 2 aromatic carbocycles. The van der Waals surface area contributed by atoms with Crippen molar-refractivity contribution in [3.8, 4) is 5.75 Å². The number of phenolic OH excluding ortho intramolecular Hbond substituents is 1. The monoisotopic (exact) mass is 469 g/mol. The number of aromatic nitrogens is 1. The molecule has 2 N–H and O–H groups in total. The number of nitrogens with zero attached hydrogens (tertiary/aromatic N) is 1. The van der Waals surface area contributed by atoms with Gasteiger partial charge in [-0.1, -0.05) is 43.0 Å². The molecule has 0 fully saturated rings.